The molecular formula is C42H52N2O8. The number of methoxy groups -OCH3 is 2. The van der Waals surface area contributed by atoms with E-state index in [9.17, 15) is 19.2 Å². The van der Waals surface area contributed by atoms with Crippen molar-refractivity contribution in [3.05, 3.63) is 90.0 Å². The van der Waals surface area contributed by atoms with E-state index < -0.39 is 17.3 Å². The van der Waals surface area contributed by atoms with Gasteiger partial charge in [-0.3, -0.25) is 19.2 Å². The van der Waals surface area contributed by atoms with Gasteiger partial charge in [0.25, 0.3) is 0 Å². The van der Waals surface area contributed by atoms with Gasteiger partial charge >= 0.3 is 11.9 Å². The number of amides is 2. The first-order valence-corrected chi connectivity index (χ1v) is 18.4. The van der Waals surface area contributed by atoms with Crippen LogP contribution in [-0.2, 0) is 41.9 Å². The second-order valence-corrected chi connectivity index (χ2v) is 14.1. The van der Waals surface area contributed by atoms with Crippen LogP contribution in [0.1, 0.15) is 81.8 Å². The van der Waals surface area contributed by atoms with Gasteiger partial charge in [0.1, 0.15) is 24.7 Å². The zero-order chi connectivity index (χ0) is 36.9. The first-order chi connectivity index (χ1) is 25.2. The number of nitrogens with one attached hydrogen (secondary N) is 1. The number of rotatable bonds is 16. The molecule has 0 bridgehead atoms. The number of hydrogen-bond donors (Lipinski definition) is 1. The minimum atomic E-state index is -0.740. The molecule has 3 aromatic carbocycles. The molecular weight excluding hydrogens is 660 g/mol. The van der Waals surface area contributed by atoms with Crippen LogP contribution in [0.3, 0.4) is 0 Å². The summed E-state index contributed by atoms with van der Waals surface area (Å²) in [6, 6.07) is 24.3. The minimum absolute atomic E-state index is 0.0487. The number of ether oxygens (including phenoxy) is 4. The van der Waals surface area contributed by atoms with Crippen LogP contribution < -0.4 is 19.7 Å². The van der Waals surface area contributed by atoms with Gasteiger partial charge in [-0.15, -0.1) is 0 Å². The first-order valence-electron chi connectivity index (χ1n) is 18.4. The summed E-state index contributed by atoms with van der Waals surface area (Å²) >= 11 is 0. The maximum absolute atomic E-state index is 14.1. The summed E-state index contributed by atoms with van der Waals surface area (Å²) < 4.78 is 22.2. The fraction of sp³-hybridized carbons (Fsp3) is 0.476. The van der Waals surface area contributed by atoms with Crippen LogP contribution in [0.15, 0.2) is 78.9 Å². The summed E-state index contributed by atoms with van der Waals surface area (Å²) in [5.41, 5.74) is 1.66. The van der Waals surface area contributed by atoms with Gasteiger partial charge < -0.3 is 29.2 Å². The highest BCUT2D eigenvalue weighted by Crippen LogP contribution is 2.45. The first kappa shape index (κ1) is 38.4. The van der Waals surface area contributed by atoms with Crippen molar-refractivity contribution in [2.45, 2.75) is 89.9 Å². The molecule has 1 unspecified atom stereocenters. The Morgan fingerprint density at radius 3 is 2.02 bits per heavy atom. The molecule has 10 heteroatoms. The number of benzene rings is 3. The molecule has 0 spiro atoms. The fourth-order valence-corrected chi connectivity index (χ4v) is 7.52. The molecule has 0 aliphatic heterocycles. The Morgan fingerprint density at radius 2 is 1.42 bits per heavy atom. The average Bonchev–Trinajstić information content (AvgIpc) is 3.68. The van der Waals surface area contributed by atoms with Crippen molar-refractivity contribution >= 4 is 29.4 Å². The van der Waals surface area contributed by atoms with Crippen molar-refractivity contribution < 1.29 is 38.1 Å². The summed E-state index contributed by atoms with van der Waals surface area (Å²) in [5.74, 6) is -0.572. The zero-order valence-electron chi connectivity index (χ0n) is 30.6. The molecule has 1 atom stereocenters. The molecule has 0 radical (unpaired) electrons. The Kier molecular flexibility index (Phi) is 13.7. The highest BCUT2D eigenvalue weighted by atomic mass is 16.5. The third-order valence-electron chi connectivity index (χ3n) is 10.7. The number of esters is 2. The van der Waals surface area contributed by atoms with Crippen LogP contribution in [0.2, 0.25) is 0 Å². The lowest BCUT2D eigenvalue weighted by atomic mass is 9.75. The van der Waals surface area contributed by atoms with Gasteiger partial charge in [-0.05, 0) is 74.6 Å². The quantitative estimate of drug-likeness (QED) is 0.155. The second-order valence-electron chi connectivity index (χ2n) is 14.1. The van der Waals surface area contributed by atoms with E-state index in [1.165, 1.54) is 12.0 Å². The third kappa shape index (κ3) is 10.1. The van der Waals surface area contributed by atoms with Crippen LogP contribution >= 0.6 is 0 Å². The zero-order valence-corrected chi connectivity index (χ0v) is 30.6. The molecule has 3 aromatic rings. The number of anilines is 1. The van der Waals surface area contributed by atoms with E-state index in [-0.39, 0.29) is 55.8 Å². The van der Waals surface area contributed by atoms with Crippen molar-refractivity contribution in [3.63, 3.8) is 0 Å². The Bertz CT molecular complexity index is 1630. The number of nitrogens with zero attached hydrogens (tertiary/aromatic N) is 1. The van der Waals surface area contributed by atoms with Crippen LogP contribution in [0.5, 0.6) is 11.5 Å². The standard InChI is InChI=1S/C42H52N2O8/c1-44(36-22-21-35(49-2)26-37(36)50-3)38(45)23-18-33(40(47)52-29-31-14-8-5-9-15-31)27-42(24-10-11-25-42)41(48)43-34-19-16-32(17-20-34)39(46)51-28-30-12-6-4-7-13-30/h4-9,12-15,21-22,26,32-34H,10-11,16-20,23-25,27-29H2,1-3H3,(H,43,48). The van der Waals surface area contributed by atoms with Crippen LogP contribution in [-0.4, -0.2) is 51.1 Å². The number of carbonyl (C=O) groups is 4. The normalized spacial score (nSPS) is 18.4. The SMILES string of the molecule is COc1ccc(N(C)C(=O)CCC(CC2(C(=O)NC3CCC(C(=O)OCc4ccccc4)CC3)CCCC2)C(=O)OCc2ccccc2)c(OC)c1. The van der Waals surface area contributed by atoms with Gasteiger partial charge in [-0.2, -0.15) is 0 Å². The fourth-order valence-electron chi connectivity index (χ4n) is 7.52. The maximum Gasteiger partial charge on any atom is 0.309 e. The third-order valence-corrected chi connectivity index (χ3v) is 10.7. The molecule has 1 N–H and O–H groups in total. The Balaban J connectivity index is 1.22. The Hall–Kier alpha value is -4.86. The molecule has 0 aromatic heterocycles. The van der Waals surface area contributed by atoms with E-state index in [0.717, 1.165) is 24.0 Å². The van der Waals surface area contributed by atoms with Gasteiger partial charge in [0, 0.05) is 25.6 Å². The Labute approximate surface area is 307 Å². The van der Waals surface area contributed by atoms with Crippen molar-refractivity contribution in [2.75, 3.05) is 26.2 Å². The van der Waals surface area contributed by atoms with E-state index in [1.54, 1.807) is 32.4 Å². The summed E-state index contributed by atoms with van der Waals surface area (Å²) in [6.07, 6.45) is 6.39. The number of carbonyl (C=O) groups excluding carboxylic acids is 4. The van der Waals surface area contributed by atoms with Crippen LogP contribution in [0, 0.1) is 17.3 Å². The van der Waals surface area contributed by atoms with Crippen molar-refractivity contribution in [1.29, 1.82) is 0 Å². The Morgan fingerprint density at radius 1 is 0.808 bits per heavy atom. The van der Waals surface area contributed by atoms with Crippen molar-refractivity contribution in [2.24, 2.45) is 17.3 Å². The predicted molar refractivity (Wildman–Crippen MR) is 198 cm³/mol. The summed E-state index contributed by atoms with van der Waals surface area (Å²) in [5, 5.41) is 3.31. The van der Waals surface area contributed by atoms with E-state index in [0.29, 0.717) is 62.1 Å². The topological polar surface area (TPSA) is 120 Å². The highest BCUT2D eigenvalue weighted by Gasteiger charge is 2.45. The molecule has 2 amide bonds. The molecule has 52 heavy (non-hydrogen) atoms. The van der Waals surface area contributed by atoms with Gasteiger partial charge in [0.2, 0.25) is 11.8 Å². The van der Waals surface area contributed by atoms with E-state index in [4.69, 9.17) is 18.9 Å². The molecule has 0 saturated heterocycles. The monoisotopic (exact) mass is 712 g/mol. The van der Waals surface area contributed by atoms with Gasteiger partial charge in [0.05, 0.1) is 37.2 Å². The molecule has 2 saturated carbocycles. The average molecular weight is 713 g/mol. The number of hydrogen-bond acceptors (Lipinski definition) is 8. The maximum atomic E-state index is 14.1. The van der Waals surface area contributed by atoms with Gasteiger partial charge in [-0.25, -0.2) is 0 Å². The van der Waals surface area contributed by atoms with Crippen LogP contribution in [0.25, 0.3) is 0 Å². The van der Waals surface area contributed by atoms with Crippen molar-refractivity contribution in [1.82, 2.24) is 5.32 Å². The van der Waals surface area contributed by atoms with Crippen molar-refractivity contribution in [3.8, 4) is 11.5 Å². The molecule has 10 nitrogen and oxygen atoms in total. The predicted octanol–water partition coefficient (Wildman–Crippen LogP) is 7.18. The lowest BCUT2D eigenvalue weighted by molar-refractivity contribution is -0.152. The molecule has 2 fully saturated rings. The van der Waals surface area contributed by atoms with Crippen LogP contribution in [0.4, 0.5) is 5.69 Å². The summed E-state index contributed by atoms with van der Waals surface area (Å²) in [6.45, 7) is 0.370. The lowest BCUT2D eigenvalue weighted by Gasteiger charge is -2.35. The summed E-state index contributed by atoms with van der Waals surface area (Å²) in [7, 11) is 4.78. The lowest BCUT2D eigenvalue weighted by Crippen LogP contribution is -2.47. The highest BCUT2D eigenvalue weighted by molar-refractivity contribution is 5.94. The van der Waals surface area contributed by atoms with Gasteiger partial charge in [0.15, 0.2) is 0 Å². The molecule has 2 aliphatic carbocycles. The minimum Gasteiger partial charge on any atom is -0.497 e. The van der Waals surface area contributed by atoms with E-state index in [1.807, 2.05) is 60.7 Å². The molecule has 0 heterocycles. The molecule has 2 aliphatic rings. The largest absolute Gasteiger partial charge is 0.497 e. The second kappa shape index (κ2) is 18.6. The molecule has 278 valence electrons. The van der Waals surface area contributed by atoms with E-state index in [2.05, 4.69) is 5.32 Å². The smallest absolute Gasteiger partial charge is 0.309 e. The summed E-state index contributed by atoms with van der Waals surface area (Å²) in [4.78, 5) is 55.8. The van der Waals surface area contributed by atoms with E-state index >= 15 is 0 Å². The molecule has 5 rings (SSSR count). The van der Waals surface area contributed by atoms with Gasteiger partial charge in [-0.1, -0.05) is 73.5 Å².